The first-order valence-electron chi connectivity index (χ1n) is 6.20. The fraction of sp³-hybridized carbons (Fsp3) is 0.538. The average molecular weight is 270 g/mol. The van der Waals surface area contributed by atoms with Gasteiger partial charge in [0.1, 0.15) is 0 Å². The van der Waals surface area contributed by atoms with Gasteiger partial charge in [0.25, 0.3) is 0 Å². The Bertz CT molecular complexity index is 466. The summed E-state index contributed by atoms with van der Waals surface area (Å²) in [4.78, 5) is 0. The van der Waals surface area contributed by atoms with Crippen LogP contribution in [-0.2, 0) is 16.6 Å². The third-order valence-corrected chi connectivity index (χ3v) is 4.86. The molecule has 5 heteroatoms. The van der Waals surface area contributed by atoms with E-state index in [0.29, 0.717) is 18.8 Å². The van der Waals surface area contributed by atoms with Crippen molar-refractivity contribution in [2.24, 2.45) is 11.7 Å². The van der Waals surface area contributed by atoms with Crippen LogP contribution in [0.5, 0.6) is 0 Å². The second-order valence-electron chi connectivity index (χ2n) is 4.71. The zero-order valence-electron chi connectivity index (χ0n) is 11.3. The molecule has 1 aromatic rings. The maximum atomic E-state index is 12.2. The third kappa shape index (κ3) is 3.71. The van der Waals surface area contributed by atoms with Gasteiger partial charge in [0, 0.05) is 13.1 Å². The standard InChI is InChI=1S/C13H22N2O2S/c1-4-15(18(16,17)10-11(2)3)13-7-5-12(9-14)6-8-13/h5-8,11H,4,9-10,14H2,1-3H3. The predicted molar refractivity (Wildman–Crippen MR) is 76.0 cm³/mol. The molecule has 0 aliphatic carbocycles. The van der Waals surface area contributed by atoms with Gasteiger partial charge in [-0.25, -0.2) is 8.42 Å². The minimum absolute atomic E-state index is 0.118. The second kappa shape index (κ2) is 6.20. The van der Waals surface area contributed by atoms with Crippen molar-refractivity contribution >= 4 is 15.7 Å². The molecule has 0 spiro atoms. The number of nitrogens with two attached hydrogens (primary N) is 1. The number of sulfonamides is 1. The molecule has 0 aliphatic heterocycles. The van der Waals surface area contributed by atoms with Crippen molar-refractivity contribution in [3.63, 3.8) is 0 Å². The molecule has 1 aromatic carbocycles. The Morgan fingerprint density at radius 1 is 1.22 bits per heavy atom. The van der Waals surface area contributed by atoms with Crippen LogP contribution in [0.2, 0.25) is 0 Å². The van der Waals surface area contributed by atoms with Crippen molar-refractivity contribution in [3.05, 3.63) is 29.8 Å². The summed E-state index contributed by atoms with van der Waals surface area (Å²) in [5.41, 5.74) is 7.23. The Balaban J connectivity index is 3.01. The van der Waals surface area contributed by atoms with Gasteiger partial charge >= 0.3 is 0 Å². The topological polar surface area (TPSA) is 63.4 Å². The van der Waals surface area contributed by atoms with Gasteiger partial charge in [0.05, 0.1) is 11.4 Å². The fourth-order valence-corrected chi connectivity index (χ4v) is 3.71. The van der Waals surface area contributed by atoms with E-state index in [1.54, 1.807) is 0 Å². The summed E-state index contributed by atoms with van der Waals surface area (Å²) in [6, 6.07) is 7.35. The van der Waals surface area contributed by atoms with Crippen LogP contribution in [0.3, 0.4) is 0 Å². The highest BCUT2D eigenvalue weighted by molar-refractivity contribution is 7.92. The van der Waals surface area contributed by atoms with Crippen molar-refractivity contribution in [1.29, 1.82) is 0 Å². The van der Waals surface area contributed by atoms with E-state index in [2.05, 4.69) is 0 Å². The van der Waals surface area contributed by atoms with E-state index in [4.69, 9.17) is 5.73 Å². The van der Waals surface area contributed by atoms with Crippen LogP contribution in [0, 0.1) is 5.92 Å². The summed E-state index contributed by atoms with van der Waals surface area (Å²) in [7, 11) is -3.24. The monoisotopic (exact) mass is 270 g/mol. The Morgan fingerprint density at radius 2 is 1.78 bits per heavy atom. The zero-order valence-corrected chi connectivity index (χ0v) is 12.1. The zero-order chi connectivity index (χ0) is 13.8. The van der Waals surface area contributed by atoms with E-state index >= 15 is 0 Å². The molecule has 0 aromatic heterocycles. The number of benzene rings is 1. The maximum absolute atomic E-state index is 12.2. The molecule has 0 fully saturated rings. The second-order valence-corrected chi connectivity index (χ2v) is 6.65. The van der Waals surface area contributed by atoms with Gasteiger partial charge < -0.3 is 5.73 Å². The van der Waals surface area contributed by atoms with Gasteiger partial charge in [-0.1, -0.05) is 26.0 Å². The number of hydrogen-bond donors (Lipinski definition) is 1. The molecule has 0 amide bonds. The lowest BCUT2D eigenvalue weighted by molar-refractivity contribution is 0.578. The molecule has 0 saturated heterocycles. The van der Waals surface area contributed by atoms with E-state index in [-0.39, 0.29) is 11.7 Å². The number of nitrogens with zero attached hydrogens (tertiary/aromatic N) is 1. The highest BCUT2D eigenvalue weighted by Crippen LogP contribution is 2.20. The minimum Gasteiger partial charge on any atom is -0.326 e. The first-order chi connectivity index (χ1) is 8.40. The highest BCUT2D eigenvalue weighted by atomic mass is 32.2. The molecule has 0 saturated carbocycles. The average Bonchev–Trinajstić information content (AvgIpc) is 2.28. The van der Waals surface area contributed by atoms with E-state index in [1.165, 1.54) is 4.31 Å². The maximum Gasteiger partial charge on any atom is 0.235 e. The van der Waals surface area contributed by atoms with Gasteiger partial charge in [-0.15, -0.1) is 0 Å². The number of anilines is 1. The lowest BCUT2D eigenvalue weighted by Crippen LogP contribution is -2.34. The molecule has 18 heavy (non-hydrogen) atoms. The Hall–Kier alpha value is -1.07. The molecule has 0 bridgehead atoms. The molecular weight excluding hydrogens is 248 g/mol. The van der Waals surface area contributed by atoms with Crippen LogP contribution in [0.4, 0.5) is 5.69 Å². The van der Waals surface area contributed by atoms with E-state index < -0.39 is 10.0 Å². The quantitative estimate of drug-likeness (QED) is 0.859. The molecule has 0 heterocycles. The summed E-state index contributed by atoms with van der Waals surface area (Å²) >= 11 is 0. The Kier molecular flexibility index (Phi) is 5.16. The van der Waals surface area contributed by atoms with Gasteiger partial charge in [-0.05, 0) is 30.5 Å². The molecule has 4 nitrogen and oxygen atoms in total. The first kappa shape index (κ1) is 15.0. The Morgan fingerprint density at radius 3 is 2.17 bits per heavy atom. The van der Waals surface area contributed by atoms with Crippen LogP contribution < -0.4 is 10.0 Å². The van der Waals surface area contributed by atoms with Gasteiger partial charge in [-0.2, -0.15) is 0 Å². The molecule has 0 unspecified atom stereocenters. The van der Waals surface area contributed by atoms with Crippen molar-refractivity contribution in [3.8, 4) is 0 Å². The SMILES string of the molecule is CCN(c1ccc(CN)cc1)S(=O)(=O)CC(C)C. The van der Waals surface area contributed by atoms with E-state index in [1.807, 2.05) is 45.0 Å². The number of rotatable bonds is 6. The molecule has 0 atom stereocenters. The van der Waals surface area contributed by atoms with Crippen molar-refractivity contribution in [1.82, 2.24) is 0 Å². The minimum atomic E-state index is -3.24. The van der Waals surface area contributed by atoms with E-state index in [9.17, 15) is 8.42 Å². The molecular formula is C13H22N2O2S. The Labute approximate surface area is 110 Å². The van der Waals surface area contributed by atoms with Crippen molar-refractivity contribution < 1.29 is 8.42 Å². The van der Waals surface area contributed by atoms with Crippen LogP contribution in [0.1, 0.15) is 26.3 Å². The lowest BCUT2D eigenvalue weighted by Gasteiger charge is -2.24. The van der Waals surface area contributed by atoms with Crippen molar-refractivity contribution in [2.45, 2.75) is 27.3 Å². The lowest BCUT2D eigenvalue weighted by atomic mass is 10.2. The molecule has 2 N–H and O–H groups in total. The van der Waals surface area contributed by atoms with E-state index in [0.717, 1.165) is 5.56 Å². The summed E-state index contributed by atoms with van der Waals surface area (Å²) in [5, 5.41) is 0. The van der Waals surface area contributed by atoms with Gasteiger partial charge in [0.15, 0.2) is 0 Å². The summed E-state index contributed by atoms with van der Waals surface area (Å²) in [6.07, 6.45) is 0. The van der Waals surface area contributed by atoms with Crippen LogP contribution in [0.15, 0.2) is 24.3 Å². The highest BCUT2D eigenvalue weighted by Gasteiger charge is 2.21. The van der Waals surface area contributed by atoms with Crippen LogP contribution in [0.25, 0.3) is 0 Å². The molecule has 0 aliphatic rings. The first-order valence-corrected chi connectivity index (χ1v) is 7.81. The summed E-state index contributed by atoms with van der Waals surface area (Å²) in [5.74, 6) is 0.284. The van der Waals surface area contributed by atoms with Crippen molar-refractivity contribution in [2.75, 3.05) is 16.6 Å². The van der Waals surface area contributed by atoms with Gasteiger partial charge in [-0.3, -0.25) is 4.31 Å². The van der Waals surface area contributed by atoms with Crippen LogP contribution >= 0.6 is 0 Å². The predicted octanol–water partition coefficient (Wildman–Crippen LogP) is 1.96. The third-order valence-electron chi connectivity index (χ3n) is 2.63. The largest absolute Gasteiger partial charge is 0.326 e. The fourth-order valence-electron chi connectivity index (χ4n) is 1.85. The normalized spacial score (nSPS) is 11.8. The number of hydrogen-bond acceptors (Lipinski definition) is 3. The molecule has 1 rings (SSSR count). The molecule has 0 radical (unpaired) electrons. The van der Waals surface area contributed by atoms with Gasteiger partial charge in [0.2, 0.25) is 10.0 Å². The summed E-state index contributed by atoms with van der Waals surface area (Å²) < 4.78 is 25.9. The smallest absolute Gasteiger partial charge is 0.235 e. The molecule has 102 valence electrons. The van der Waals surface area contributed by atoms with Crippen LogP contribution in [-0.4, -0.2) is 20.7 Å². The summed E-state index contributed by atoms with van der Waals surface area (Å²) in [6.45, 7) is 6.56.